The second kappa shape index (κ2) is 9.35. The SMILES string of the molecule is Cc1ccc(Nc2c(-c3ccc(F)cc3)nc3n2CCN(C(=O)CC2CCNCC2)C3)cc1. The van der Waals surface area contributed by atoms with Crippen LogP contribution in [0.4, 0.5) is 15.9 Å². The number of nitrogens with zero attached hydrogens (tertiary/aromatic N) is 3. The number of aromatic nitrogens is 2. The summed E-state index contributed by atoms with van der Waals surface area (Å²) >= 11 is 0. The fraction of sp³-hybridized carbons (Fsp3) is 0.385. The summed E-state index contributed by atoms with van der Waals surface area (Å²) in [7, 11) is 0. The largest absolute Gasteiger partial charge is 0.340 e. The molecule has 1 fully saturated rings. The topological polar surface area (TPSA) is 62.2 Å². The molecule has 33 heavy (non-hydrogen) atoms. The standard InChI is InChI=1S/C26H30FN5O/c1-18-2-8-22(9-3-18)29-26-25(20-4-6-21(27)7-5-20)30-23-17-31(14-15-32(23)26)24(33)16-19-10-12-28-13-11-19/h2-9,19,28-29H,10-17H2,1H3. The summed E-state index contributed by atoms with van der Waals surface area (Å²) in [4.78, 5) is 19.9. The van der Waals surface area contributed by atoms with E-state index in [1.807, 2.05) is 17.0 Å². The van der Waals surface area contributed by atoms with Gasteiger partial charge in [-0.25, -0.2) is 9.37 Å². The van der Waals surface area contributed by atoms with Crippen molar-refractivity contribution in [2.45, 2.75) is 39.3 Å². The van der Waals surface area contributed by atoms with Crippen molar-refractivity contribution in [2.24, 2.45) is 5.92 Å². The van der Waals surface area contributed by atoms with Crippen LogP contribution in [0.25, 0.3) is 11.3 Å². The third kappa shape index (κ3) is 4.78. The number of rotatable bonds is 5. The minimum Gasteiger partial charge on any atom is -0.340 e. The summed E-state index contributed by atoms with van der Waals surface area (Å²) in [6, 6.07) is 14.6. The molecule has 2 aliphatic rings. The molecule has 2 N–H and O–H groups in total. The highest BCUT2D eigenvalue weighted by Gasteiger charge is 2.28. The monoisotopic (exact) mass is 447 g/mol. The van der Waals surface area contributed by atoms with Crippen LogP contribution in [0.3, 0.4) is 0 Å². The number of imidazole rings is 1. The molecule has 1 saturated heterocycles. The van der Waals surface area contributed by atoms with Gasteiger partial charge in [0.05, 0.1) is 6.54 Å². The molecule has 1 amide bonds. The molecule has 3 aromatic rings. The van der Waals surface area contributed by atoms with E-state index in [0.717, 1.165) is 54.5 Å². The van der Waals surface area contributed by atoms with Gasteiger partial charge in [-0.2, -0.15) is 0 Å². The maximum Gasteiger partial charge on any atom is 0.223 e. The van der Waals surface area contributed by atoms with Gasteiger partial charge < -0.3 is 20.1 Å². The van der Waals surface area contributed by atoms with E-state index >= 15 is 0 Å². The van der Waals surface area contributed by atoms with Gasteiger partial charge in [0.2, 0.25) is 5.91 Å². The van der Waals surface area contributed by atoms with Crippen LogP contribution in [-0.4, -0.2) is 40.0 Å². The fourth-order valence-electron chi connectivity index (χ4n) is 4.72. The van der Waals surface area contributed by atoms with E-state index in [1.165, 1.54) is 17.7 Å². The molecule has 1 aromatic heterocycles. The second-order valence-electron chi connectivity index (χ2n) is 9.09. The average molecular weight is 448 g/mol. The minimum absolute atomic E-state index is 0.215. The molecule has 2 aromatic carbocycles. The molecule has 0 spiro atoms. The first-order chi connectivity index (χ1) is 16.1. The number of piperidine rings is 1. The molecular formula is C26H30FN5O. The Labute approximate surface area is 193 Å². The third-order valence-electron chi connectivity index (χ3n) is 6.68. The smallest absolute Gasteiger partial charge is 0.223 e. The van der Waals surface area contributed by atoms with E-state index in [1.54, 1.807) is 12.1 Å². The Morgan fingerprint density at radius 2 is 1.82 bits per heavy atom. The first-order valence-corrected chi connectivity index (χ1v) is 11.7. The molecule has 2 aliphatic heterocycles. The van der Waals surface area contributed by atoms with Crippen molar-refractivity contribution in [1.82, 2.24) is 19.8 Å². The summed E-state index contributed by atoms with van der Waals surface area (Å²) in [6.45, 7) is 5.89. The molecule has 6 nitrogen and oxygen atoms in total. The first kappa shape index (κ1) is 21.6. The summed E-state index contributed by atoms with van der Waals surface area (Å²) < 4.78 is 15.7. The molecule has 7 heteroatoms. The summed E-state index contributed by atoms with van der Waals surface area (Å²) in [5, 5.41) is 6.89. The van der Waals surface area contributed by atoms with E-state index in [2.05, 4.69) is 34.3 Å². The Hall–Kier alpha value is -3.19. The molecule has 0 saturated carbocycles. The Morgan fingerprint density at radius 3 is 2.55 bits per heavy atom. The Balaban J connectivity index is 1.42. The predicted octanol–water partition coefficient (Wildman–Crippen LogP) is 4.47. The van der Waals surface area contributed by atoms with Gasteiger partial charge in [-0.05, 0) is 75.2 Å². The highest BCUT2D eigenvalue weighted by atomic mass is 19.1. The van der Waals surface area contributed by atoms with Crippen LogP contribution in [0, 0.1) is 18.7 Å². The van der Waals surface area contributed by atoms with Gasteiger partial charge in [-0.15, -0.1) is 0 Å². The van der Waals surface area contributed by atoms with E-state index < -0.39 is 0 Å². The van der Waals surface area contributed by atoms with Crippen LogP contribution < -0.4 is 10.6 Å². The van der Waals surface area contributed by atoms with Gasteiger partial charge in [0.1, 0.15) is 23.2 Å². The van der Waals surface area contributed by atoms with Crippen LogP contribution in [-0.2, 0) is 17.9 Å². The Bertz CT molecular complexity index is 1120. The number of nitrogens with one attached hydrogen (secondary N) is 2. The number of amides is 1. The fourth-order valence-corrected chi connectivity index (χ4v) is 4.72. The van der Waals surface area contributed by atoms with Gasteiger partial charge in [0.15, 0.2) is 0 Å². The van der Waals surface area contributed by atoms with Crippen LogP contribution in [0.2, 0.25) is 0 Å². The number of hydrogen-bond acceptors (Lipinski definition) is 4. The lowest BCUT2D eigenvalue weighted by molar-refractivity contribution is -0.133. The van der Waals surface area contributed by atoms with Crippen molar-refractivity contribution in [3.63, 3.8) is 0 Å². The molecule has 0 unspecified atom stereocenters. The first-order valence-electron chi connectivity index (χ1n) is 11.7. The van der Waals surface area contributed by atoms with Gasteiger partial charge >= 0.3 is 0 Å². The number of carbonyl (C=O) groups excluding carboxylic acids is 1. The molecule has 5 rings (SSSR count). The molecule has 3 heterocycles. The van der Waals surface area contributed by atoms with Crippen molar-refractivity contribution in [3.05, 3.63) is 65.7 Å². The highest BCUT2D eigenvalue weighted by Crippen LogP contribution is 2.33. The van der Waals surface area contributed by atoms with Crippen molar-refractivity contribution in [3.8, 4) is 11.3 Å². The van der Waals surface area contributed by atoms with Gasteiger partial charge in [0.25, 0.3) is 0 Å². The highest BCUT2D eigenvalue weighted by molar-refractivity contribution is 5.78. The second-order valence-corrected chi connectivity index (χ2v) is 9.09. The number of carbonyl (C=O) groups is 1. The van der Waals surface area contributed by atoms with Crippen molar-refractivity contribution >= 4 is 17.4 Å². The van der Waals surface area contributed by atoms with Crippen LogP contribution in [0.1, 0.15) is 30.7 Å². The molecule has 0 atom stereocenters. The average Bonchev–Trinajstić information content (AvgIpc) is 3.19. The van der Waals surface area contributed by atoms with E-state index in [0.29, 0.717) is 32.0 Å². The zero-order chi connectivity index (χ0) is 22.8. The van der Waals surface area contributed by atoms with Gasteiger partial charge in [-0.1, -0.05) is 17.7 Å². The number of fused-ring (bicyclic) bond motifs is 1. The zero-order valence-electron chi connectivity index (χ0n) is 19.0. The van der Waals surface area contributed by atoms with Gasteiger partial charge in [-0.3, -0.25) is 4.79 Å². The summed E-state index contributed by atoms with van der Waals surface area (Å²) in [5.74, 6) is 2.15. The van der Waals surface area contributed by atoms with Crippen LogP contribution >= 0.6 is 0 Å². The Morgan fingerprint density at radius 1 is 1.09 bits per heavy atom. The Kier molecular flexibility index (Phi) is 6.13. The maximum absolute atomic E-state index is 13.6. The molecule has 0 aliphatic carbocycles. The zero-order valence-corrected chi connectivity index (χ0v) is 19.0. The maximum atomic E-state index is 13.6. The number of hydrogen-bond donors (Lipinski definition) is 2. The van der Waals surface area contributed by atoms with Crippen LogP contribution in [0.5, 0.6) is 0 Å². The molecular weight excluding hydrogens is 417 g/mol. The minimum atomic E-state index is -0.273. The number of anilines is 2. The van der Waals surface area contributed by atoms with Crippen molar-refractivity contribution < 1.29 is 9.18 Å². The van der Waals surface area contributed by atoms with E-state index in [9.17, 15) is 9.18 Å². The predicted molar refractivity (Wildman–Crippen MR) is 128 cm³/mol. The summed E-state index contributed by atoms with van der Waals surface area (Å²) in [5.41, 5.74) is 3.78. The quantitative estimate of drug-likeness (QED) is 0.606. The van der Waals surface area contributed by atoms with E-state index in [-0.39, 0.29) is 11.7 Å². The normalized spacial score (nSPS) is 16.5. The van der Waals surface area contributed by atoms with Crippen molar-refractivity contribution in [1.29, 1.82) is 0 Å². The molecule has 0 bridgehead atoms. The van der Waals surface area contributed by atoms with Crippen molar-refractivity contribution in [2.75, 3.05) is 25.0 Å². The van der Waals surface area contributed by atoms with Crippen LogP contribution in [0.15, 0.2) is 48.5 Å². The lowest BCUT2D eigenvalue weighted by Gasteiger charge is -2.31. The third-order valence-corrected chi connectivity index (χ3v) is 6.68. The summed E-state index contributed by atoms with van der Waals surface area (Å²) in [6.07, 6.45) is 2.74. The number of aryl methyl sites for hydroxylation is 1. The molecule has 0 radical (unpaired) electrons. The number of benzene rings is 2. The lowest BCUT2D eigenvalue weighted by Crippen LogP contribution is -2.40. The van der Waals surface area contributed by atoms with E-state index in [4.69, 9.17) is 4.98 Å². The lowest BCUT2D eigenvalue weighted by atomic mass is 9.94. The number of halogens is 1. The molecule has 172 valence electrons. The van der Waals surface area contributed by atoms with Gasteiger partial charge in [0, 0.05) is 30.8 Å².